The number of rotatable bonds is 4. The zero-order chi connectivity index (χ0) is 12.3. The van der Waals surface area contributed by atoms with E-state index < -0.39 is 12.0 Å². The van der Waals surface area contributed by atoms with Gasteiger partial charge in [-0.15, -0.1) is 11.6 Å². The van der Waals surface area contributed by atoms with E-state index in [-0.39, 0.29) is 11.5 Å². The predicted octanol–water partition coefficient (Wildman–Crippen LogP) is 3.41. The summed E-state index contributed by atoms with van der Waals surface area (Å²) in [5.41, 5.74) is 0.986. The number of ether oxygens (including phenoxy) is 1. The molecular weight excluding hydrogens is 238 g/mol. The monoisotopic (exact) mass is 248 g/mol. The van der Waals surface area contributed by atoms with Crippen LogP contribution in [0.15, 0.2) is 18.2 Å². The minimum Gasteiger partial charge on any atom is -0.435 e. The first kappa shape index (κ1) is 12.9. The zero-order valence-electron chi connectivity index (χ0n) is 8.84. The first-order valence-electron chi connectivity index (χ1n) is 4.65. The Bertz CT molecular complexity index is 392. The number of benzene rings is 1. The molecule has 1 rings (SSSR count). The number of halogens is 3. The van der Waals surface area contributed by atoms with E-state index in [1.54, 1.807) is 13.0 Å². The topological polar surface area (TPSA) is 26.3 Å². The highest BCUT2D eigenvalue weighted by Crippen LogP contribution is 2.21. The molecule has 0 N–H and O–H groups in total. The van der Waals surface area contributed by atoms with Crippen LogP contribution in [-0.4, -0.2) is 17.8 Å². The maximum Gasteiger partial charge on any atom is 0.387 e. The minimum absolute atomic E-state index is 0.0405. The van der Waals surface area contributed by atoms with Crippen LogP contribution in [0.4, 0.5) is 8.78 Å². The highest BCUT2D eigenvalue weighted by Gasteiger charge is 2.16. The Labute approximate surface area is 97.2 Å². The Morgan fingerprint density at radius 2 is 2.06 bits per heavy atom. The molecule has 1 unspecified atom stereocenters. The van der Waals surface area contributed by atoms with Gasteiger partial charge in [0.2, 0.25) is 0 Å². The summed E-state index contributed by atoms with van der Waals surface area (Å²) in [6.45, 7) is 0.335. The predicted molar refractivity (Wildman–Crippen MR) is 57.5 cm³/mol. The molecule has 0 aromatic heterocycles. The van der Waals surface area contributed by atoms with Gasteiger partial charge in [0, 0.05) is 5.56 Å². The number of hydrogen-bond acceptors (Lipinski definition) is 2. The first-order chi connectivity index (χ1) is 7.41. The Hall–Kier alpha value is -1.16. The van der Waals surface area contributed by atoms with Crippen molar-refractivity contribution in [2.75, 3.05) is 0 Å². The number of carbonyl (C=O) groups is 1. The van der Waals surface area contributed by atoms with Crippen LogP contribution < -0.4 is 4.74 Å². The highest BCUT2D eigenvalue weighted by atomic mass is 35.5. The average molecular weight is 249 g/mol. The van der Waals surface area contributed by atoms with E-state index in [1.807, 2.05) is 0 Å². The fourth-order valence-corrected chi connectivity index (χ4v) is 1.37. The Balaban J connectivity index is 3.04. The third-order valence-corrected chi connectivity index (χ3v) is 2.26. The van der Waals surface area contributed by atoms with Gasteiger partial charge in [-0.2, -0.15) is 8.78 Å². The fourth-order valence-electron chi connectivity index (χ4n) is 1.26. The molecule has 2 nitrogen and oxygen atoms in total. The molecular formula is C11H11ClF2O2. The van der Waals surface area contributed by atoms with Crippen molar-refractivity contribution in [2.45, 2.75) is 25.8 Å². The van der Waals surface area contributed by atoms with Gasteiger partial charge in [0.1, 0.15) is 5.75 Å². The zero-order valence-corrected chi connectivity index (χ0v) is 9.59. The molecule has 0 aliphatic rings. The molecule has 0 heterocycles. The van der Waals surface area contributed by atoms with Crippen LogP contribution in [-0.2, 0) is 0 Å². The summed E-state index contributed by atoms with van der Waals surface area (Å²) in [6.07, 6.45) is 0. The molecule has 0 spiro atoms. The summed E-state index contributed by atoms with van der Waals surface area (Å²) in [6, 6.07) is 4.21. The third kappa shape index (κ3) is 3.17. The van der Waals surface area contributed by atoms with E-state index >= 15 is 0 Å². The molecule has 0 radical (unpaired) electrons. The highest BCUT2D eigenvalue weighted by molar-refractivity contribution is 6.33. The van der Waals surface area contributed by atoms with E-state index in [1.165, 1.54) is 19.1 Å². The molecule has 1 aromatic carbocycles. The Kier molecular flexibility index (Phi) is 4.24. The largest absolute Gasteiger partial charge is 0.435 e. The van der Waals surface area contributed by atoms with E-state index in [9.17, 15) is 13.6 Å². The van der Waals surface area contributed by atoms with Crippen molar-refractivity contribution in [3.8, 4) is 5.75 Å². The van der Waals surface area contributed by atoms with Crippen molar-refractivity contribution in [1.82, 2.24) is 0 Å². The molecule has 16 heavy (non-hydrogen) atoms. The number of ketones is 1. The van der Waals surface area contributed by atoms with E-state index in [4.69, 9.17) is 11.6 Å². The molecule has 0 saturated heterocycles. The maximum absolute atomic E-state index is 12.0. The van der Waals surface area contributed by atoms with Crippen LogP contribution in [0, 0.1) is 6.92 Å². The molecule has 0 saturated carbocycles. The standard InChI is InChI=1S/C11H11ClF2O2/c1-6-3-4-8(16-11(13)14)5-9(6)10(15)7(2)12/h3-5,7,11H,1-2H3. The average Bonchev–Trinajstić information content (AvgIpc) is 2.19. The van der Waals surface area contributed by atoms with Gasteiger partial charge >= 0.3 is 6.61 Å². The van der Waals surface area contributed by atoms with Gasteiger partial charge in [0.25, 0.3) is 0 Å². The van der Waals surface area contributed by atoms with Crippen LogP contribution in [0.1, 0.15) is 22.8 Å². The number of carbonyl (C=O) groups excluding carboxylic acids is 1. The summed E-state index contributed by atoms with van der Waals surface area (Å²) in [4.78, 5) is 11.6. The second-order valence-electron chi connectivity index (χ2n) is 3.34. The van der Waals surface area contributed by atoms with Crippen molar-refractivity contribution < 1.29 is 18.3 Å². The van der Waals surface area contributed by atoms with Gasteiger partial charge in [-0.1, -0.05) is 6.07 Å². The van der Waals surface area contributed by atoms with Crippen molar-refractivity contribution in [1.29, 1.82) is 0 Å². The lowest BCUT2D eigenvalue weighted by molar-refractivity contribution is -0.0498. The Morgan fingerprint density at radius 3 is 2.56 bits per heavy atom. The summed E-state index contributed by atoms with van der Waals surface area (Å²) in [5, 5.41) is -0.694. The van der Waals surface area contributed by atoms with Gasteiger partial charge in [-0.25, -0.2) is 0 Å². The fraction of sp³-hybridized carbons (Fsp3) is 0.364. The smallest absolute Gasteiger partial charge is 0.387 e. The van der Waals surface area contributed by atoms with Crippen molar-refractivity contribution in [3.63, 3.8) is 0 Å². The van der Waals surface area contributed by atoms with Gasteiger partial charge < -0.3 is 4.74 Å². The Morgan fingerprint density at radius 1 is 1.44 bits per heavy atom. The number of alkyl halides is 3. The molecule has 0 fully saturated rings. The van der Waals surface area contributed by atoms with Crippen LogP contribution in [0.25, 0.3) is 0 Å². The van der Waals surface area contributed by atoms with Crippen molar-refractivity contribution in [2.24, 2.45) is 0 Å². The van der Waals surface area contributed by atoms with Crippen molar-refractivity contribution >= 4 is 17.4 Å². The number of Topliss-reactive ketones (excluding diaryl/α,β-unsaturated/α-hetero) is 1. The maximum atomic E-state index is 12.0. The molecule has 0 aliphatic carbocycles. The van der Waals surface area contributed by atoms with Gasteiger partial charge in [0.05, 0.1) is 5.38 Å². The van der Waals surface area contributed by atoms with Gasteiger partial charge in [-0.3, -0.25) is 4.79 Å². The summed E-state index contributed by atoms with van der Waals surface area (Å²) < 4.78 is 28.2. The quantitative estimate of drug-likeness (QED) is 0.603. The summed E-state index contributed by atoms with van der Waals surface area (Å²) in [7, 11) is 0. The third-order valence-electron chi connectivity index (χ3n) is 2.06. The number of aryl methyl sites for hydroxylation is 1. The molecule has 88 valence electrons. The molecule has 1 atom stereocenters. The number of hydrogen-bond donors (Lipinski definition) is 0. The van der Waals surface area contributed by atoms with E-state index in [0.717, 1.165) is 0 Å². The molecule has 0 bridgehead atoms. The lowest BCUT2D eigenvalue weighted by Gasteiger charge is -2.10. The summed E-state index contributed by atoms with van der Waals surface area (Å²) in [5.74, 6) is -0.347. The molecule has 5 heteroatoms. The molecule has 1 aromatic rings. The minimum atomic E-state index is -2.90. The second-order valence-corrected chi connectivity index (χ2v) is 3.99. The van der Waals surface area contributed by atoms with Gasteiger partial charge in [0.15, 0.2) is 5.78 Å². The molecule has 0 aliphatic heterocycles. The summed E-state index contributed by atoms with van der Waals surface area (Å²) >= 11 is 5.65. The van der Waals surface area contributed by atoms with Crippen LogP contribution >= 0.6 is 11.6 Å². The van der Waals surface area contributed by atoms with Crippen LogP contribution in [0.2, 0.25) is 0 Å². The molecule has 0 amide bonds. The van der Waals surface area contributed by atoms with Crippen LogP contribution in [0.3, 0.4) is 0 Å². The van der Waals surface area contributed by atoms with Crippen molar-refractivity contribution in [3.05, 3.63) is 29.3 Å². The second kappa shape index (κ2) is 5.25. The lowest BCUT2D eigenvalue weighted by Crippen LogP contribution is -2.12. The van der Waals surface area contributed by atoms with Gasteiger partial charge in [-0.05, 0) is 31.5 Å². The van der Waals surface area contributed by atoms with E-state index in [2.05, 4.69) is 4.74 Å². The first-order valence-corrected chi connectivity index (χ1v) is 5.09. The lowest BCUT2D eigenvalue weighted by atomic mass is 10.0. The van der Waals surface area contributed by atoms with E-state index in [0.29, 0.717) is 11.1 Å². The SMILES string of the molecule is Cc1ccc(OC(F)F)cc1C(=O)C(C)Cl. The normalized spacial score (nSPS) is 12.6. The van der Waals surface area contributed by atoms with Crippen LogP contribution in [0.5, 0.6) is 5.75 Å².